The van der Waals surface area contributed by atoms with Crippen molar-refractivity contribution in [3.8, 4) is 5.75 Å². The topological polar surface area (TPSA) is 80.7 Å². The first-order chi connectivity index (χ1) is 11.0. The number of carbonyl (C=O) groups excluding carboxylic acids is 1. The van der Waals surface area contributed by atoms with Gasteiger partial charge in [-0.05, 0) is 29.8 Å². The average Bonchev–Trinajstić information content (AvgIpc) is 2.59. The number of Topliss-reactive ketones (excluding diaryl/α,β-unsaturated/α-hetero) is 1. The van der Waals surface area contributed by atoms with E-state index < -0.39 is 26.6 Å². The Kier molecular flexibility index (Phi) is 3.69. The quantitative estimate of drug-likeness (QED) is 0.931. The van der Waals surface area contributed by atoms with Crippen molar-refractivity contribution in [3.63, 3.8) is 0 Å². The van der Waals surface area contributed by atoms with Gasteiger partial charge in [-0.25, -0.2) is 8.42 Å². The number of hydrogen-bond acceptors (Lipinski definition) is 5. The third-order valence-corrected chi connectivity index (χ3v) is 5.77. The summed E-state index contributed by atoms with van der Waals surface area (Å²) in [5, 5.41) is 8.46. The predicted octanol–water partition coefficient (Wildman–Crippen LogP) is 2.39. The van der Waals surface area contributed by atoms with Crippen molar-refractivity contribution < 1.29 is 23.1 Å². The lowest BCUT2D eigenvalue weighted by molar-refractivity contribution is -0.118. The molecule has 23 heavy (non-hydrogen) atoms. The zero-order valence-corrected chi connectivity index (χ0v) is 13.1. The molecule has 0 saturated heterocycles. The molecule has 0 amide bonds. The first kappa shape index (κ1) is 15.3. The van der Waals surface area contributed by atoms with E-state index in [1.807, 2.05) is 0 Å². The van der Waals surface area contributed by atoms with Crippen molar-refractivity contribution in [3.05, 3.63) is 65.9 Å². The lowest BCUT2D eigenvalue weighted by Gasteiger charge is -2.28. The summed E-state index contributed by atoms with van der Waals surface area (Å²) >= 11 is 0. The van der Waals surface area contributed by atoms with Crippen LogP contribution in [0.4, 0.5) is 0 Å². The van der Waals surface area contributed by atoms with Crippen LogP contribution in [0.1, 0.15) is 5.56 Å². The highest BCUT2D eigenvalue weighted by Crippen LogP contribution is 2.39. The van der Waals surface area contributed by atoms with Crippen molar-refractivity contribution in [2.45, 2.75) is 10.1 Å². The molecule has 0 fully saturated rings. The summed E-state index contributed by atoms with van der Waals surface area (Å²) in [4.78, 5) is 12.0. The Morgan fingerprint density at radius 3 is 2.17 bits per heavy atom. The zero-order valence-electron chi connectivity index (χ0n) is 12.3. The highest BCUT2D eigenvalue weighted by molar-refractivity contribution is 7.93. The van der Waals surface area contributed by atoms with Crippen LogP contribution in [-0.2, 0) is 14.6 Å². The maximum Gasteiger partial charge on any atom is 0.220 e. The second kappa shape index (κ2) is 5.55. The first-order valence-electron chi connectivity index (χ1n) is 6.87. The van der Waals surface area contributed by atoms with Crippen molar-refractivity contribution in [1.82, 2.24) is 0 Å². The van der Waals surface area contributed by atoms with Gasteiger partial charge in [0, 0.05) is 5.57 Å². The molecule has 6 heteroatoms. The molecule has 0 aromatic heterocycles. The molecule has 2 aromatic carbocycles. The van der Waals surface area contributed by atoms with Crippen LogP contribution in [0.2, 0.25) is 0 Å². The molecule has 118 valence electrons. The lowest BCUT2D eigenvalue weighted by atomic mass is 9.88. The summed E-state index contributed by atoms with van der Waals surface area (Å²) in [6.45, 7) is 0. The normalized spacial score (nSPS) is 17.8. The van der Waals surface area contributed by atoms with Gasteiger partial charge in [0.1, 0.15) is 5.75 Å². The standard InChI is InChI=1S/C17H14O5S/c1-22-12-7-9-13(10-8-12)23(20,21)17-14(15(18)16(17)19)11-5-3-2-4-6-11/h2-10,17-18H,1H3. The molecular formula is C17H14O5S. The highest BCUT2D eigenvalue weighted by atomic mass is 32.2. The molecule has 1 aliphatic rings. The number of rotatable bonds is 4. The molecule has 1 unspecified atom stereocenters. The maximum atomic E-state index is 12.7. The van der Waals surface area contributed by atoms with Gasteiger partial charge in [0.05, 0.1) is 12.0 Å². The zero-order chi connectivity index (χ0) is 16.6. The Morgan fingerprint density at radius 2 is 1.61 bits per heavy atom. The minimum Gasteiger partial charge on any atom is -0.504 e. The SMILES string of the molecule is COc1ccc(S(=O)(=O)C2C(=O)C(O)=C2c2ccccc2)cc1. The number of ether oxygens (including phenoxy) is 1. The van der Waals surface area contributed by atoms with Crippen molar-refractivity contribution in [2.75, 3.05) is 7.11 Å². The summed E-state index contributed by atoms with van der Waals surface area (Å²) in [7, 11) is -2.45. The predicted molar refractivity (Wildman–Crippen MR) is 85.0 cm³/mol. The first-order valence-corrected chi connectivity index (χ1v) is 8.42. The fraction of sp³-hybridized carbons (Fsp3) is 0.118. The Bertz CT molecular complexity index is 880. The third-order valence-electron chi connectivity index (χ3n) is 3.77. The van der Waals surface area contributed by atoms with Crippen LogP contribution in [0.5, 0.6) is 5.75 Å². The summed E-state index contributed by atoms with van der Waals surface area (Å²) in [6, 6.07) is 14.3. The van der Waals surface area contributed by atoms with Crippen LogP contribution in [0.25, 0.3) is 5.57 Å². The van der Waals surface area contributed by atoms with E-state index >= 15 is 0 Å². The molecular weight excluding hydrogens is 316 g/mol. The van der Waals surface area contributed by atoms with E-state index in [-0.39, 0.29) is 10.5 Å². The lowest BCUT2D eigenvalue weighted by Crippen LogP contribution is -2.41. The Labute approximate surface area is 133 Å². The molecule has 0 radical (unpaired) electrons. The van der Waals surface area contributed by atoms with Gasteiger partial charge in [0.25, 0.3) is 0 Å². The van der Waals surface area contributed by atoms with Crippen LogP contribution in [0.15, 0.2) is 65.3 Å². The van der Waals surface area contributed by atoms with E-state index in [2.05, 4.69) is 0 Å². The van der Waals surface area contributed by atoms with Crippen LogP contribution < -0.4 is 4.74 Å². The van der Waals surface area contributed by atoms with Gasteiger partial charge in [-0.2, -0.15) is 0 Å². The Morgan fingerprint density at radius 1 is 1.00 bits per heavy atom. The maximum absolute atomic E-state index is 12.7. The summed E-state index contributed by atoms with van der Waals surface area (Å²) < 4.78 is 30.5. The van der Waals surface area contributed by atoms with E-state index in [9.17, 15) is 18.3 Å². The number of benzene rings is 2. The number of carbonyl (C=O) groups is 1. The van der Waals surface area contributed by atoms with Gasteiger partial charge in [0.15, 0.2) is 20.8 Å². The number of sulfone groups is 1. The second-order valence-corrected chi connectivity index (χ2v) is 7.13. The largest absolute Gasteiger partial charge is 0.504 e. The molecule has 5 nitrogen and oxygen atoms in total. The van der Waals surface area contributed by atoms with E-state index in [1.54, 1.807) is 30.3 Å². The number of aliphatic hydroxyl groups is 1. The summed E-state index contributed by atoms with van der Waals surface area (Å²) in [5.74, 6) is -0.747. The van der Waals surface area contributed by atoms with Gasteiger partial charge in [-0.3, -0.25) is 4.79 Å². The van der Waals surface area contributed by atoms with Crippen LogP contribution >= 0.6 is 0 Å². The number of allylic oxidation sites excluding steroid dienone is 1. The van der Waals surface area contributed by atoms with Crippen LogP contribution in [0.3, 0.4) is 0 Å². The van der Waals surface area contributed by atoms with E-state index in [0.29, 0.717) is 11.3 Å². The number of methoxy groups -OCH3 is 1. The molecule has 2 aromatic rings. The van der Waals surface area contributed by atoms with E-state index in [0.717, 1.165) is 0 Å². The average molecular weight is 330 g/mol. The molecule has 1 N–H and O–H groups in total. The fourth-order valence-electron chi connectivity index (χ4n) is 2.54. The van der Waals surface area contributed by atoms with E-state index in [1.165, 1.54) is 31.4 Å². The van der Waals surface area contributed by atoms with Gasteiger partial charge in [-0.1, -0.05) is 30.3 Å². The summed E-state index contributed by atoms with van der Waals surface area (Å²) in [5.41, 5.74) is 0.665. The molecule has 1 atom stereocenters. The van der Waals surface area contributed by atoms with Crippen LogP contribution in [0, 0.1) is 0 Å². The number of ketones is 1. The molecule has 0 heterocycles. The molecule has 1 aliphatic carbocycles. The highest BCUT2D eigenvalue weighted by Gasteiger charge is 2.49. The smallest absolute Gasteiger partial charge is 0.220 e. The Hall–Kier alpha value is -2.60. The third kappa shape index (κ3) is 2.41. The molecule has 0 spiro atoms. The van der Waals surface area contributed by atoms with Gasteiger partial charge in [0.2, 0.25) is 5.78 Å². The summed E-state index contributed by atoms with van der Waals surface area (Å²) in [6.07, 6.45) is 0. The number of hydrogen-bond donors (Lipinski definition) is 1. The van der Waals surface area contributed by atoms with Crippen molar-refractivity contribution >= 4 is 21.2 Å². The van der Waals surface area contributed by atoms with Gasteiger partial charge >= 0.3 is 0 Å². The van der Waals surface area contributed by atoms with E-state index in [4.69, 9.17) is 4.74 Å². The fourth-order valence-corrected chi connectivity index (χ4v) is 4.28. The van der Waals surface area contributed by atoms with Crippen molar-refractivity contribution in [2.24, 2.45) is 0 Å². The molecule has 3 rings (SSSR count). The van der Waals surface area contributed by atoms with Crippen molar-refractivity contribution in [1.29, 1.82) is 0 Å². The minimum atomic E-state index is -3.93. The van der Waals surface area contributed by atoms with Gasteiger partial charge in [-0.15, -0.1) is 0 Å². The van der Waals surface area contributed by atoms with Gasteiger partial charge < -0.3 is 9.84 Å². The molecule has 0 bridgehead atoms. The number of aliphatic hydroxyl groups excluding tert-OH is 1. The van der Waals surface area contributed by atoms with Crippen LogP contribution in [-0.4, -0.2) is 31.7 Å². The monoisotopic (exact) mass is 330 g/mol. The Balaban J connectivity index is 2.04. The second-order valence-electron chi connectivity index (χ2n) is 5.09. The minimum absolute atomic E-state index is 0.0116. The molecule has 0 aliphatic heterocycles. The molecule has 0 saturated carbocycles.